The number of carboxylic acids is 1. The van der Waals surface area contributed by atoms with Gasteiger partial charge in [0.1, 0.15) is 24.4 Å². The lowest BCUT2D eigenvalue weighted by Gasteiger charge is -2.40. The molecule has 0 radical (unpaired) electrons. The van der Waals surface area contributed by atoms with Crippen LogP contribution in [0.2, 0.25) is 0 Å². The Morgan fingerprint density at radius 2 is 1.59 bits per heavy atom. The molecular formula is C47H66O11. The Morgan fingerprint density at radius 3 is 2.40 bits per heavy atom. The summed E-state index contributed by atoms with van der Waals surface area (Å²) in [7, 11) is 0. The summed E-state index contributed by atoms with van der Waals surface area (Å²) in [5.41, 5.74) is 0.958. The van der Waals surface area contributed by atoms with E-state index in [-0.39, 0.29) is 79.1 Å². The van der Waals surface area contributed by atoms with Gasteiger partial charge in [0.25, 0.3) is 0 Å². The number of unbranched alkanes of at least 4 members (excludes halogenated alkanes) is 1. The summed E-state index contributed by atoms with van der Waals surface area (Å²) in [5, 5.41) is 41.9. The minimum absolute atomic E-state index is 0.0501. The van der Waals surface area contributed by atoms with Crippen LogP contribution >= 0.6 is 0 Å². The fourth-order valence-corrected chi connectivity index (χ4v) is 9.33. The van der Waals surface area contributed by atoms with Gasteiger partial charge in [-0.25, -0.2) is 0 Å². The van der Waals surface area contributed by atoms with Crippen molar-refractivity contribution in [3.8, 4) is 0 Å². The van der Waals surface area contributed by atoms with Gasteiger partial charge >= 0.3 is 11.9 Å². The average molecular weight is 807 g/mol. The van der Waals surface area contributed by atoms with Gasteiger partial charge in [-0.2, -0.15) is 0 Å². The number of ether oxygens (including phenoxy) is 5. The number of allylic oxidation sites excluding steroid dienone is 5. The van der Waals surface area contributed by atoms with Crippen molar-refractivity contribution in [3.05, 3.63) is 84.6 Å². The molecule has 1 aliphatic carbocycles. The van der Waals surface area contributed by atoms with Gasteiger partial charge < -0.3 is 44.1 Å². The summed E-state index contributed by atoms with van der Waals surface area (Å²) in [6.07, 6.45) is 25.1. The molecule has 320 valence electrons. The zero-order chi connectivity index (χ0) is 41.3. The van der Waals surface area contributed by atoms with Crippen molar-refractivity contribution >= 4 is 11.9 Å². The molecule has 3 saturated heterocycles. The number of aliphatic carboxylic acids is 1. The number of fused-ring (bicyclic) bond motifs is 10. The van der Waals surface area contributed by atoms with Crippen LogP contribution in [0, 0.1) is 29.6 Å². The largest absolute Gasteiger partial charge is 0.481 e. The van der Waals surface area contributed by atoms with Crippen LogP contribution in [0.5, 0.6) is 0 Å². The highest BCUT2D eigenvalue weighted by atomic mass is 16.6. The van der Waals surface area contributed by atoms with Gasteiger partial charge in [0, 0.05) is 37.0 Å². The molecule has 0 aromatic rings. The Kier molecular flexibility index (Phi) is 16.0. The molecule has 58 heavy (non-hydrogen) atoms. The van der Waals surface area contributed by atoms with Crippen molar-refractivity contribution < 1.29 is 53.7 Å². The normalized spacial score (nSPS) is 43.2. The molecule has 11 nitrogen and oxygen atoms in total. The smallest absolute Gasteiger partial charge is 0.314 e. The lowest BCUT2D eigenvalue weighted by molar-refractivity contribution is -0.175. The fraction of sp³-hybridized carbons (Fsp3) is 0.660. The summed E-state index contributed by atoms with van der Waals surface area (Å²) >= 11 is 0. The van der Waals surface area contributed by atoms with E-state index in [4.69, 9.17) is 28.8 Å². The number of carboxylic acid groups (broad SMARTS) is 1. The highest BCUT2D eigenvalue weighted by molar-refractivity contribution is 5.76. The van der Waals surface area contributed by atoms with E-state index in [0.717, 1.165) is 31.3 Å². The van der Waals surface area contributed by atoms with Gasteiger partial charge in [0.05, 0.1) is 54.7 Å². The Hall–Kier alpha value is -3.16. The summed E-state index contributed by atoms with van der Waals surface area (Å²) < 4.78 is 32.7. The monoisotopic (exact) mass is 806 g/mol. The molecule has 6 aliphatic heterocycles. The summed E-state index contributed by atoms with van der Waals surface area (Å²) in [6.45, 7) is 8.19. The van der Waals surface area contributed by atoms with Crippen LogP contribution in [0.3, 0.4) is 0 Å². The Labute approximate surface area is 344 Å². The third-order valence-corrected chi connectivity index (χ3v) is 12.9. The van der Waals surface area contributed by atoms with Crippen LogP contribution in [0.15, 0.2) is 84.6 Å². The molecule has 7 bridgehead atoms. The van der Waals surface area contributed by atoms with Gasteiger partial charge in [-0.15, -0.1) is 0 Å². The predicted octanol–water partition coefficient (Wildman–Crippen LogP) is 6.49. The summed E-state index contributed by atoms with van der Waals surface area (Å²) in [6, 6.07) is 0. The quantitative estimate of drug-likeness (QED) is 0.127. The first-order chi connectivity index (χ1) is 27.9. The van der Waals surface area contributed by atoms with E-state index in [1.807, 2.05) is 62.5 Å². The zero-order valence-corrected chi connectivity index (χ0v) is 34.5. The van der Waals surface area contributed by atoms with Crippen LogP contribution < -0.4 is 0 Å². The number of hydrogen-bond donors (Lipinski definition) is 4. The van der Waals surface area contributed by atoms with Crippen LogP contribution in [0.4, 0.5) is 0 Å². The molecule has 2 unspecified atom stereocenters. The zero-order valence-electron chi connectivity index (χ0n) is 34.5. The molecule has 3 fully saturated rings. The Bertz CT molecular complexity index is 1590. The second kappa shape index (κ2) is 20.9. The first kappa shape index (κ1) is 44.4. The molecule has 11 heteroatoms. The van der Waals surface area contributed by atoms with Crippen molar-refractivity contribution in [2.24, 2.45) is 29.6 Å². The molecule has 7 aliphatic rings. The second-order valence-corrected chi connectivity index (χ2v) is 17.4. The van der Waals surface area contributed by atoms with E-state index in [1.165, 1.54) is 0 Å². The first-order valence-electron chi connectivity index (χ1n) is 21.7. The standard InChI is InChI=1S/C47H66O11/c1-28(15-10-13-22-43(50)51)25-29(2)45-39-24-23-32(54-45)16-8-6-5-7-9-19-35(48)44(52)41-26-36(49)30(3)37(55-41)20-14-21-38-31(4)40-27-42(56-38)46(57-40)33-17-11-12-18-34(33)47(53)58-39/h6,8-9,11-12,14,17-19,21,23-25,28,30-42,44-46,48-49,52H,5,7,10,13,15-16,20,22,26-27H2,1-4H3,(H,50,51)/b8-6+,19-9+,21-14+,29-25+/t28-,30-,31+,32+,33?,34?,35+,36+,37-,38+,39-,40-,41-,42-,44+,45+,46-/m1/s1. The Balaban J connectivity index is 1.22. The predicted molar refractivity (Wildman–Crippen MR) is 219 cm³/mol. The van der Waals surface area contributed by atoms with Crippen molar-refractivity contribution in [2.75, 3.05) is 0 Å². The molecule has 0 aromatic carbocycles. The van der Waals surface area contributed by atoms with Crippen molar-refractivity contribution in [3.63, 3.8) is 0 Å². The molecule has 6 heterocycles. The summed E-state index contributed by atoms with van der Waals surface area (Å²) in [5.74, 6) is -1.91. The second-order valence-electron chi connectivity index (χ2n) is 17.4. The highest BCUT2D eigenvalue weighted by Gasteiger charge is 2.51. The van der Waals surface area contributed by atoms with Crippen LogP contribution in [0.25, 0.3) is 0 Å². The number of hydrogen-bond acceptors (Lipinski definition) is 10. The van der Waals surface area contributed by atoms with Crippen molar-refractivity contribution in [1.29, 1.82) is 0 Å². The third-order valence-electron chi connectivity index (χ3n) is 12.9. The number of carbonyl (C=O) groups is 2. The van der Waals surface area contributed by atoms with Crippen LogP contribution in [-0.2, 0) is 33.3 Å². The van der Waals surface area contributed by atoms with E-state index in [2.05, 4.69) is 38.2 Å². The minimum atomic E-state index is -1.18. The maximum Gasteiger partial charge on any atom is 0.314 e. The fourth-order valence-electron chi connectivity index (χ4n) is 9.33. The van der Waals surface area contributed by atoms with Crippen molar-refractivity contribution in [2.45, 2.75) is 165 Å². The van der Waals surface area contributed by atoms with E-state index in [9.17, 15) is 24.9 Å². The lowest BCUT2D eigenvalue weighted by Crippen LogP contribution is -2.50. The number of esters is 1. The molecule has 0 aromatic heterocycles. The van der Waals surface area contributed by atoms with Gasteiger partial charge in [-0.1, -0.05) is 100 Å². The maximum atomic E-state index is 14.2. The number of carbonyl (C=O) groups excluding carboxylic acids is 1. The molecule has 0 amide bonds. The number of rotatable bonds is 7. The SMILES string of the molecule is C/C(=C\[C@H](C)CCCCC(=O)O)[C@@H]1O[C@@H]2C=C[C@H]1OC(=O)C1C=CC=CC1[C@H]1O[C@@H]3C[C@H]1O[C@@H](/C=C/C[C@H]1O[C@H](C[C@H](O)[C@H]1C)[C@@H](O)[C@@H](O)/C=C/CC/C=C/C2)[C@@H]3C. The molecule has 4 N–H and O–H groups in total. The lowest BCUT2D eigenvalue weighted by atomic mass is 9.81. The maximum absolute atomic E-state index is 14.2. The van der Waals surface area contributed by atoms with Crippen molar-refractivity contribution in [1.82, 2.24) is 0 Å². The third kappa shape index (κ3) is 11.4. The minimum Gasteiger partial charge on any atom is -0.481 e. The average Bonchev–Trinajstić information content (AvgIpc) is 3.57. The molecule has 0 spiro atoms. The van der Waals surface area contributed by atoms with Gasteiger partial charge in [0.15, 0.2) is 0 Å². The molecular weight excluding hydrogens is 741 g/mol. The van der Waals surface area contributed by atoms with Gasteiger partial charge in [0.2, 0.25) is 0 Å². The molecule has 17 atom stereocenters. The van der Waals surface area contributed by atoms with Gasteiger partial charge in [-0.3, -0.25) is 9.59 Å². The molecule has 0 saturated carbocycles. The summed E-state index contributed by atoms with van der Waals surface area (Å²) in [4.78, 5) is 25.2. The number of aliphatic hydroxyl groups excluding tert-OH is 3. The van der Waals surface area contributed by atoms with E-state index >= 15 is 0 Å². The first-order valence-corrected chi connectivity index (χ1v) is 21.7. The van der Waals surface area contributed by atoms with E-state index < -0.39 is 48.5 Å². The van der Waals surface area contributed by atoms with Gasteiger partial charge in [-0.05, 0) is 63.0 Å². The van der Waals surface area contributed by atoms with E-state index in [0.29, 0.717) is 25.7 Å². The van der Waals surface area contributed by atoms with Crippen LogP contribution in [-0.4, -0.2) is 106 Å². The highest BCUT2D eigenvalue weighted by Crippen LogP contribution is 2.43. The van der Waals surface area contributed by atoms with Crippen LogP contribution in [0.1, 0.15) is 91.9 Å². The Morgan fingerprint density at radius 1 is 0.793 bits per heavy atom. The molecule has 7 rings (SSSR count). The number of aliphatic hydroxyl groups is 3. The van der Waals surface area contributed by atoms with E-state index in [1.54, 1.807) is 6.08 Å². The topological polar surface area (TPSA) is 161 Å².